The topological polar surface area (TPSA) is 84.5 Å². The lowest BCUT2D eigenvalue weighted by Gasteiger charge is -2.08. The van der Waals surface area contributed by atoms with Crippen LogP contribution in [-0.4, -0.2) is 34.5 Å². The highest BCUT2D eigenvalue weighted by atomic mass is 35.5. The number of rotatable bonds is 7. The fourth-order valence-electron chi connectivity index (χ4n) is 2.22. The Balaban J connectivity index is 1.55. The summed E-state index contributed by atoms with van der Waals surface area (Å²) in [6.07, 6.45) is 0. The van der Waals surface area contributed by atoms with E-state index in [2.05, 4.69) is 10.0 Å². The van der Waals surface area contributed by atoms with Gasteiger partial charge in [0.2, 0.25) is 10.0 Å². The summed E-state index contributed by atoms with van der Waals surface area (Å²) >= 11 is 9.07. The fourth-order valence-corrected chi connectivity index (χ4v) is 5.79. The normalized spacial score (nSPS) is 11.6. The fraction of sp³-hybridized carbons (Fsp3) is 0.188. The first-order valence-electron chi connectivity index (χ1n) is 7.50. The van der Waals surface area contributed by atoms with Gasteiger partial charge in [0.25, 0.3) is 5.91 Å². The summed E-state index contributed by atoms with van der Waals surface area (Å²) in [6, 6.07) is 7.93. The molecule has 0 saturated carbocycles. The molecule has 0 aliphatic heterocycles. The summed E-state index contributed by atoms with van der Waals surface area (Å²) in [6.45, 7) is 0.216. The van der Waals surface area contributed by atoms with Gasteiger partial charge in [-0.15, -0.1) is 22.7 Å². The molecule has 138 valence electrons. The molecule has 1 amide bonds. The van der Waals surface area contributed by atoms with Gasteiger partial charge in [-0.2, -0.15) is 0 Å². The largest absolute Gasteiger partial charge is 0.497 e. The van der Waals surface area contributed by atoms with Crippen LogP contribution in [0.5, 0.6) is 5.75 Å². The van der Waals surface area contributed by atoms with Crippen molar-refractivity contribution in [3.63, 3.8) is 0 Å². The molecule has 0 radical (unpaired) electrons. The van der Waals surface area contributed by atoms with E-state index in [1.165, 1.54) is 41.9 Å². The molecule has 2 heterocycles. The van der Waals surface area contributed by atoms with Crippen LogP contribution in [0.25, 0.3) is 9.40 Å². The molecule has 0 spiro atoms. The average Bonchev–Trinajstić information content (AvgIpc) is 3.22. The highest BCUT2D eigenvalue weighted by molar-refractivity contribution is 7.89. The predicted molar refractivity (Wildman–Crippen MR) is 105 cm³/mol. The second-order valence-electron chi connectivity index (χ2n) is 5.20. The number of fused-ring (bicyclic) bond motifs is 1. The number of halogens is 1. The quantitative estimate of drug-likeness (QED) is 0.563. The lowest BCUT2D eigenvalue weighted by Crippen LogP contribution is -2.34. The van der Waals surface area contributed by atoms with Crippen molar-refractivity contribution >= 4 is 59.6 Å². The van der Waals surface area contributed by atoms with Crippen LogP contribution in [0.1, 0.15) is 9.67 Å². The van der Waals surface area contributed by atoms with Gasteiger partial charge < -0.3 is 10.1 Å². The lowest BCUT2D eigenvalue weighted by molar-refractivity contribution is 0.0958. The van der Waals surface area contributed by atoms with Crippen LogP contribution < -0.4 is 14.8 Å². The van der Waals surface area contributed by atoms with E-state index in [0.29, 0.717) is 15.6 Å². The highest BCUT2D eigenvalue weighted by Crippen LogP contribution is 2.38. The summed E-state index contributed by atoms with van der Waals surface area (Å²) in [5.41, 5.74) is 0. The molecule has 6 nitrogen and oxygen atoms in total. The van der Waals surface area contributed by atoms with Gasteiger partial charge in [0.15, 0.2) is 0 Å². The zero-order valence-corrected chi connectivity index (χ0v) is 16.8. The molecule has 3 aromatic rings. The van der Waals surface area contributed by atoms with E-state index < -0.39 is 10.0 Å². The van der Waals surface area contributed by atoms with E-state index in [1.54, 1.807) is 12.1 Å². The number of hydrogen-bond acceptors (Lipinski definition) is 6. The second-order valence-corrected chi connectivity index (χ2v) is 9.54. The Kier molecular flexibility index (Phi) is 5.83. The van der Waals surface area contributed by atoms with Gasteiger partial charge in [-0.25, -0.2) is 13.1 Å². The first kappa shape index (κ1) is 19.1. The Morgan fingerprint density at radius 2 is 1.92 bits per heavy atom. The molecule has 10 heteroatoms. The molecule has 0 unspecified atom stereocenters. The third-order valence-corrected chi connectivity index (χ3v) is 7.76. The highest BCUT2D eigenvalue weighted by Gasteiger charge is 2.18. The second kappa shape index (κ2) is 7.93. The van der Waals surface area contributed by atoms with Crippen molar-refractivity contribution in [2.45, 2.75) is 4.90 Å². The van der Waals surface area contributed by atoms with Crippen LogP contribution >= 0.6 is 34.3 Å². The Bertz CT molecular complexity index is 1030. The number of carbonyl (C=O) groups excluding carboxylic acids is 1. The molecule has 0 bridgehead atoms. The standard InChI is InChI=1S/C16H15ClN2O4S3/c1-23-10-2-4-11(5-3-10)26(21,22)19-8-7-18-15(20)14-13(17)12-6-9-24-16(12)25-14/h2-6,9,19H,7-8H2,1H3,(H,18,20). The van der Waals surface area contributed by atoms with Gasteiger partial charge in [-0.3, -0.25) is 4.79 Å². The molecule has 26 heavy (non-hydrogen) atoms. The summed E-state index contributed by atoms with van der Waals surface area (Å²) < 4.78 is 32.8. The minimum atomic E-state index is -3.65. The van der Waals surface area contributed by atoms with Gasteiger partial charge >= 0.3 is 0 Å². The van der Waals surface area contributed by atoms with Gasteiger partial charge in [-0.1, -0.05) is 11.6 Å². The monoisotopic (exact) mass is 430 g/mol. The lowest BCUT2D eigenvalue weighted by atomic mass is 10.3. The zero-order chi connectivity index (χ0) is 18.7. The average molecular weight is 431 g/mol. The Labute approximate surface area is 163 Å². The van der Waals surface area contributed by atoms with Gasteiger partial charge in [0, 0.05) is 18.5 Å². The summed E-state index contributed by atoms with van der Waals surface area (Å²) in [5, 5.41) is 5.90. The molecule has 1 aromatic carbocycles. The first-order valence-corrected chi connectivity index (χ1v) is 11.1. The zero-order valence-electron chi connectivity index (χ0n) is 13.6. The van der Waals surface area contributed by atoms with E-state index in [4.69, 9.17) is 16.3 Å². The van der Waals surface area contributed by atoms with Crippen LogP contribution in [0, 0.1) is 0 Å². The predicted octanol–water partition coefficient (Wildman–Crippen LogP) is 3.33. The maximum absolute atomic E-state index is 12.2. The summed E-state index contributed by atoms with van der Waals surface area (Å²) in [7, 11) is -2.14. The number of hydrogen-bond donors (Lipinski definition) is 2. The van der Waals surface area contributed by atoms with Crippen molar-refractivity contribution in [1.29, 1.82) is 0 Å². The van der Waals surface area contributed by atoms with E-state index >= 15 is 0 Å². The maximum atomic E-state index is 12.2. The van der Waals surface area contributed by atoms with E-state index in [9.17, 15) is 13.2 Å². The molecule has 0 aliphatic carbocycles. The maximum Gasteiger partial charge on any atom is 0.263 e. The van der Waals surface area contributed by atoms with Crippen molar-refractivity contribution in [3.05, 3.63) is 45.6 Å². The van der Waals surface area contributed by atoms with Crippen LogP contribution in [0.2, 0.25) is 5.02 Å². The van der Waals surface area contributed by atoms with Crippen molar-refractivity contribution in [3.8, 4) is 5.75 Å². The number of carbonyl (C=O) groups is 1. The number of benzene rings is 1. The SMILES string of the molecule is COc1ccc(S(=O)(=O)NCCNC(=O)c2sc3sccc3c2Cl)cc1. The molecule has 0 fully saturated rings. The molecule has 0 atom stereocenters. The number of sulfonamides is 1. The number of ether oxygens (including phenoxy) is 1. The van der Waals surface area contributed by atoms with E-state index in [0.717, 1.165) is 9.40 Å². The van der Waals surface area contributed by atoms with E-state index in [-0.39, 0.29) is 23.9 Å². The minimum Gasteiger partial charge on any atom is -0.497 e. The third kappa shape index (κ3) is 4.02. The van der Waals surface area contributed by atoms with Gasteiger partial charge in [-0.05, 0) is 35.7 Å². The van der Waals surface area contributed by atoms with E-state index in [1.807, 2.05) is 11.4 Å². The Morgan fingerprint density at radius 3 is 2.58 bits per heavy atom. The third-order valence-electron chi connectivity index (χ3n) is 3.54. The molecule has 2 N–H and O–H groups in total. The van der Waals surface area contributed by atoms with Crippen LogP contribution in [0.4, 0.5) is 0 Å². The Hall–Kier alpha value is -1.65. The number of amides is 1. The number of nitrogens with one attached hydrogen (secondary N) is 2. The van der Waals surface area contributed by atoms with Crippen LogP contribution in [-0.2, 0) is 10.0 Å². The molecule has 3 rings (SSSR count). The smallest absolute Gasteiger partial charge is 0.263 e. The van der Waals surface area contributed by atoms with Crippen molar-refractivity contribution in [2.75, 3.05) is 20.2 Å². The van der Waals surface area contributed by atoms with Gasteiger partial charge in [0.1, 0.15) is 10.6 Å². The summed E-state index contributed by atoms with van der Waals surface area (Å²) in [5.74, 6) is 0.260. The Morgan fingerprint density at radius 1 is 1.19 bits per heavy atom. The van der Waals surface area contributed by atoms with Crippen LogP contribution in [0.3, 0.4) is 0 Å². The van der Waals surface area contributed by atoms with Crippen molar-refractivity contribution in [1.82, 2.24) is 10.0 Å². The van der Waals surface area contributed by atoms with Crippen LogP contribution in [0.15, 0.2) is 40.6 Å². The number of thiophene rings is 2. The molecular formula is C16H15ClN2O4S3. The molecule has 0 saturated heterocycles. The molecular weight excluding hydrogens is 416 g/mol. The van der Waals surface area contributed by atoms with Gasteiger partial charge in [0.05, 0.1) is 21.0 Å². The summed E-state index contributed by atoms with van der Waals surface area (Å²) in [4.78, 5) is 12.8. The minimum absolute atomic E-state index is 0.0669. The molecule has 2 aromatic heterocycles. The molecule has 0 aliphatic rings. The van der Waals surface area contributed by atoms with Crippen molar-refractivity contribution in [2.24, 2.45) is 0 Å². The van der Waals surface area contributed by atoms with Crippen molar-refractivity contribution < 1.29 is 17.9 Å². The number of methoxy groups -OCH3 is 1. The first-order chi connectivity index (χ1) is 12.4.